The van der Waals surface area contributed by atoms with Gasteiger partial charge in [-0.2, -0.15) is 10.1 Å². The van der Waals surface area contributed by atoms with E-state index in [0.29, 0.717) is 5.95 Å². The van der Waals surface area contributed by atoms with E-state index in [-0.39, 0.29) is 12.1 Å². The van der Waals surface area contributed by atoms with Gasteiger partial charge in [-0.25, -0.2) is 9.78 Å². The van der Waals surface area contributed by atoms with Crippen LogP contribution in [0.4, 0.5) is 22.2 Å². The zero-order valence-corrected chi connectivity index (χ0v) is 15.7. The molecule has 0 spiro atoms. The van der Waals surface area contributed by atoms with Crippen LogP contribution in [0.15, 0.2) is 23.8 Å². The molecule has 3 heterocycles. The van der Waals surface area contributed by atoms with Gasteiger partial charge in [0.15, 0.2) is 0 Å². The van der Waals surface area contributed by atoms with E-state index < -0.39 is 6.09 Å². The zero-order valence-electron chi connectivity index (χ0n) is 14.8. The number of aryl methyl sites for hydroxylation is 1. The van der Waals surface area contributed by atoms with E-state index in [1.165, 1.54) is 0 Å². The van der Waals surface area contributed by atoms with Crippen molar-refractivity contribution >= 4 is 45.1 Å². The fourth-order valence-electron chi connectivity index (χ4n) is 3.38. The summed E-state index contributed by atoms with van der Waals surface area (Å²) >= 11 is 1.61. The van der Waals surface area contributed by atoms with Crippen LogP contribution in [0.25, 0.3) is 10.2 Å². The number of aromatic nitrogens is 4. The topological polar surface area (TPSA) is 117 Å². The van der Waals surface area contributed by atoms with Crippen LogP contribution in [0.3, 0.4) is 0 Å². The molecule has 9 nitrogen and oxygen atoms in total. The third kappa shape index (κ3) is 4.11. The lowest BCUT2D eigenvalue weighted by molar-refractivity contribution is 0.185. The van der Waals surface area contributed by atoms with Gasteiger partial charge < -0.3 is 21.1 Å². The Labute approximate surface area is 159 Å². The molecule has 142 valence electrons. The molecule has 27 heavy (non-hydrogen) atoms. The molecule has 1 amide bonds. The first-order valence-corrected chi connectivity index (χ1v) is 9.71. The van der Waals surface area contributed by atoms with Crippen LogP contribution in [0.1, 0.15) is 25.7 Å². The molecule has 3 aromatic rings. The first-order chi connectivity index (χ1) is 13.1. The number of thiophene rings is 1. The van der Waals surface area contributed by atoms with Crippen molar-refractivity contribution in [3.8, 4) is 0 Å². The van der Waals surface area contributed by atoms with Gasteiger partial charge in [-0.1, -0.05) is 0 Å². The Morgan fingerprint density at radius 3 is 2.74 bits per heavy atom. The average Bonchev–Trinajstić information content (AvgIpc) is 3.25. The Morgan fingerprint density at radius 1 is 1.26 bits per heavy atom. The number of hydrogen-bond acceptors (Lipinski definition) is 7. The molecule has 0 aromatic carbocycles. The van der Waals surface area contributed by atoms with Crippen LogP contribution in [0.2, 0.25) is 0 Å². The van der Waals surface area contributed by atoms with Gasteiger partial charge in [-0.05, 0) is 37.1 Å². The Hall–Kier alpha value is -2.88. The maximum absolute atomic E-state index is 10.8. The average molecular weight is 387 g/mol. The molecular weight excluding hydrogens is 366 g/mol. The molecule has 0 bridgehead atoms. The molecule has 0 aliphatic heterocycles. The van der Waals surface area contributed by atoms with E-state index in [1.807, 2.05) is 24.7 Å². The van der Waals surface area contributed by atoms with Gasteiger partial charge in [0.2, 0.25) is 5.95 Å². The maximum atomic E-state index is 10.8. The molecule has 3 aromatic heterocycles. The van der Waals surface area contributed by atoms with Crippen molar-refractivity contribution in [1.29, 1.82) is 0 Å². The minimum Gasteiger partial charge on any atom is -0.465 e. The highest BCUT2D eigenvalue weighted by Gasteiger charge is 2.23. The zero-order chi connectivity index (χ0) is 18.8. The molecule has 4 rings (SSSR count). The van der Waals surface area contributed by atoms with Crippen molar-refractivity contribution in [3.05, 3.63) is 23.8 Å². The van der Waals surface area contributed by atoms with Crippen molar-refractivity contribution in [3.63, 3.8) is 0 Å². The Balaban J connectivity index is 1.49. The predicted molar refractivity (Wildman–Crippen MR) is 105 cm³/mol. The number of nitrogens with zero attached hydrogens (tertiary/aromatic N) is 4. The highest BCUT2D eigenvalue weighted by atomic mass is 32.1. The summed E-state index contributed by atoms with van der Waals surface area (Å²) in [5.74, 6) is 1.34. The Bertz CT molecular complexity index is 946. The maximum Gasteiger partial charge on any atom is 0.404 e. The third-order valence-corrected chi connectivity index (χ3v) is 5.57. The fourth-order valence-corrected chi connectivity index (χ4v) is 4.17. The molecule has 0 saturated heterocycles. The van der Waals surface area contributed by atoms with E-state index >= 15 is 0 Å². The van der Waals surface area contributed by atoms with E-state index in [0.717, 1.165) is 47.4 Å². The first kappa shape index (κ1) is 17.5. The van der Waals surface area contributed by atoms with Crippen LogP contribution >= 0.6 is 11.3 Å². The summed E-state index contributed by atoms with van der Waals surface area (Å²) in [6.07, 6.45) is 6.08. The van der Waals surface area contributed by atoms with Crippen molar-refractivity contribution < 1.29 is 9.90 Å². The molecule has 1 aliphatic rings. The van der Waals surface area contributed by atoms with Gasteiger partial charge in [0, 0.05) is 25.3 Å². The molecule has 1 saturated carbocycles. The number of hydrogen-bond donors (Lipinski definition) is 4. The van der Waals surface area contributed by atoms with E-state index in [9.17, 15) is 4.79 Å². The lowest BCUT2D eigenvalue weighted by Gasteiger charge is -2.29. The monoisotopic (exact) mass is 387 g/mol. The second-order valence-electron chi connectivity index (χ2n) is 6.70. The van der Waals surface area contributed by atoms with Crippen LogP contribution in [-0.2, 0) is 7.05 Å². The van der Waals surface area contributed by atoms with Gasteiger partial charge in [0.1, 0.15) is 5.82 Å². The molecule has 0 radical (unpaired) electrons. The molecule has 1 fully saturated rings. The SMILES string of the molecule is Cn1cc(Nc2nc(NC3CCC(NC(=O)O)CC3)c3sccc3n2)cn1. The molecule has 4 N–H and O–H groups in total. The van der Waals surface area contributed by atoms with Crippen LogP contribution in [0.5, 0.6) is 0 Å². The summed E-state index contributed by atoms with van der Waals surface area (Å²) in [7, 11) is 1.86. The largest absolute Gasteiger partial charge is 0.465 e. The minimum atomic E-state index is -0.950. The molecule has 0 atom stereocenters. The number of fused-ring (bicyclic) bond motifs is 1. The highest BCUT2D eigenvalue weighted by Crippen LogP contribution is 2.30. The molecule has 1 aliphatic carbocycles. The standard InChI is InChI=1S/C17H21N7O2S/c1-24-9-12(8-18-24)20-16-22-13-6-7-27-14(13)15(23-16)19-10-2-4-11(5-3-10)21-17(25)26/h6-11,21H,2-5H2,1H3,(H,25,26)(H2,19,20,22,23). The number of rotatable bonds is 5. The van der Waals surface area contributed by atoms with Gasteiger partial charge in [-0.3, -0.25) is 4.68 Å². The van der Waals surface area contributed by atoms with Crippen LogP contribution < -0.4 is 16.0 Å². The number of amides is 1. The number of carboxylic acid groups (broad SMARTS) is 1. The summed E-state index contributed by atoms with van der Waals surface area (Å²) in [6, 6.07) is 2.29. The number of nitrogens with one attached hydrogen (secondary N) is 3. The fraction of sp³-hybridized carbons (Fsp3) is 0.412. The van der Waals surface area contributed by atoms with Gasteiger partial charge >= 0.3 is 6.09 Å². The molecule has 0 unspecified atom stereocenters. The van der Waals surface area contributed by atoms with E-state index in [2.05, 4.69) is 31.0 Å². The minimum absolute atomic E-state index is 0.0375. The van der Waals surface area contributed by atoms with Gasteiger partial charge in [0.05, 0.1) is 22.1 Å². The lowest BCUT2D eigenvalue weighted by atomic mass is 9.91. The third-order valence-electron chi connectivity index (χ3n) is 4.66. The summed E-state index contributed by atoms with van der Waals surface area (Å²) in [4.78, 5) is 20.0. The molecular formula is C17H21N7O2S. The number of carbonyl (C=O) groups is 1. The molecule has 10 heteroatoms. The van der Waals surface area contributed by atoms with Crippen LogP contribution in [0, 0.1) is 0 Å². The highest BCUT2D eigenvalue weighted by molar-refractivity contribution is 7.17. The van der Waals surface area contributed by atoms with Crippen molar-refractivity contribution in [2.45, 2.75) is 37.8 Å². The van der Waals surface area contributed by atoms with Crippen molar-refractivity contribution in [2.24, 2.45) is 7.05 Å². The van der Waals surface area contributed by atoms with E-state index in [1.54, 1.807) is 22.2 Å². The Morgan fingerprint density at radius 2 is 2.04 bits per heavy atom. The second kappa shape index (κ2) is 7.39. The predicted octanol–water partition coefficient (Wildman–Crippen LogP) is 3.16. The first-order valence-electron chi connectivity index (χ1n) is 8.84. The lowest BCUT2D eigenvalue weighted by Crippen LogP contribution is -2.39. The number of anilines is 3. The van der Waals surface area contributed by atoms with Crippen molar-refractivity contribution in [2.75, 3.05) is 10.6 Å². The van der Waals surface area contributed by atoms with E-state index in [4.69, 9.17) is 5.11 Å². The summed E-state index contributed by atoms with van der Waals surface area (Å²) in [5.41, 5.74) is 1.73. The summed E-state index contributed by atoms with van der Waals surface area (Å²) in [6.45, 7) is 0. The van der Waals surface area contributed by atoms with Crippen LogP contribution in [-0.4, -0.2) is 43.0 Å². The summed E-state index contributed by atoms with van der Waals surface area (Å²) < 4.78 is 2.74. The quantitative estimate of drug-likeness (QED) is 0.531. The summed E-state index contributed by atoms with van der Waals surface area (Å²) in [5, 5.41) is 24.3. The van der Waals surface area contributed by atoms with Gasteiger partial charge in [0.25, 0.3) is 0 Å². The van der Waals surface area contributed by atoms with Crippen molar-refractivity contribution in [1.82, 2.24) is 25.1 Å². The van der Waals surface area contributed by atoms with Gasteiger partial charge in [-0.15, -0.1) is 11.3 Å². The Kier molecular flexibility index (Phi) is 4.80. The smallest absolute Gasteiger partial charge is 0.404 e. The second-order valence-corrected chi connectivity index (χ2v) is 7.62. The normalized spacial score (nSPS) is 19.7.